The molecule has 0 radical (unpaired) electrons. The van der Waals surface area contributed by atoms with Gasteiger partial charge in [0.2, 0.25) is 5.91 Å². The number of carbonyl (C=O) groups is 1. The number of hydrogen-bond acceptors (Lipinski definition) is 2. The molecule has 0 heterocycles. The summed E-state index contributed by atoms with van der Waals surface area (Å²) in [5.74, 6) is -0.976. The average Bonchev–Trinajstić information content (AvgIpc) is 2.41. The van der Waals surface area contributed by atoms with Gasteiger partial charge < -0.3 is 11.1 Å². The third-order valence-electron chi connectivity index (χ3n) is 2.73. The van der Waals surface area contributed by atoms with Gasteiger partial charge in [-0.15, -0.1) is 0 Å². The fourth-order valence-electron chi connectivity index (χ4n) is 1.67. The molecule has 0 aliphatic rings. The molecule has 0 saturated carbocycles. The van der Waals surface area contributed by atoms with Crippen LogP contribution in [0.1, 0.15) is 15.9 Å². The first-order valence-corrected chi connectivity index (χ1v) is 6.91. The second-order valence-corrected chi connectivity index (χ2v) is 5.41. The van der Waals surface area contributed by atoms with Crippen LogP contribution in [0.5, 0.6) is 0 Å². The molecule has 6 heteroatoms. The molecule has 0 saturated heterocycles. The minimum atomic E-state index is -0.583. The molecule has 0 spiro atoms. The number of benzene rings is 2. The number of halogens is 3. The lowest BCUT2D eigenvalue weighted by atomic mass is 10.1. The summed E-state index contributed by atoms with van der Waals surface area (Å²) >= 11 is 9.20. The van der Waals surface area contributed by atoms with Gasteiger partial charge in [-0.25, -0.2) is 4.39 Å². The molecule has 0 fully saturated rings. The van der Waals surface area contributed by atoms with E-state index in [1.165, 1.54) is 18.2 Å². The SMILES string of the molecule is NC(=O)c1ccc(F)c(CNc2ccc(Cl)c(Br)c2)c1. The van der Waals surface area contributed by atoms with E-state index in [9.17, 15) is 9.18 Å². The Morgan fingerprint density at radius 2 is 2.05 bits per heavy atom. The van der Waals surface area contributed by atoms with E-state index in [0.29, 0.717) is 10.6 Å². The van der Waals surface area contributed by atoms with Gasteiger partial charge in [0.15, 0.2) is 0 Å². The quantitative estimate of drug-likeness (QED) is 0.870. The Morgan fingerprint density at radius 1 is 1.30 bits per heavy atom. The van der Waals surface area contributed by atoms with Crippen molar-refractivity contribution in [3.05, 3.63) is 62.8 Å². The van der Waals surface area contributed by atoms with E-state index in [-0.39, 0.29) is 12.1 Å². The monoisotopic (exact) mass is 356 g/mol. The van der Waals surface area contributed by atoms with Crippen molar-refractivity contribution >= 4 is 39.1 Å². The van der Waals surface area contributed by atoms with Crippen molar-refractivity contribution in [1.82, 2.24) is 0 Å². The van der Waals surface area contributed by atoms with Crippen LogP contribution in [0.3, 0.4) is 0 Å². The molecule has 0 aliphatic carbocycles. The van der Waals surface area contributed by atoms with Gasteiger partial charge in [0.05, 0.1) is 5.02 Å². The van der Waals surface area contributed by atoms with Gasteiger partial charge in [-0.05, 0) is 52.3 Å². The minimum Gasteiger partial charge on any atom is -0.381 e. The van der Waals surface area contributed by atoms with Crippen molar-refractivity contribution in [1.29, 1.82) is 0 Å². The number of carbonyl (C=O) groups excluding carboxylic acids is 1. The first kappa shape index (κ1) is 14.8. The Balaban J connectivity index is 2.15. The predicted molar refractivity (Wildman–Crippen MR) is 81.4 cm³/mol. The number of nitrogens with one attached hydrogen (secondary N) is 1. The molecule has 0 unspecified atom stereocenters. The van der Waals surface area contributed by atoms with Gasteiger partial charge in [-0.3, -0.25) is 4.79 Å². The van der Waals surface area contributed by atoms with Crippen molar-refractivity contribution < 1.29 is 9.18 Å². The van der Waals surface area contributed by atoms with E-state index in [0.717, 1.165) is 10.2 Å². The maximum atomic E-state index is 13.7. The number of amides is 1. The summed E-state index contributed by atoms with van der Waals surface area (Å²) < 4.78 is 14.4. The van der Waals surface area contributed by atoms with E-state index < -0.39 is 11.7 Å². The number of nitrogens with two attached hydrogens (primary N) is 1. The molecule has 20 heavy (non-hydrogen) atoms. The highest BCUT2D eigenvalue weighted by molar-refractivity contribution is 9.10. The van der Waals surface area contributed by atoms with Crippen molar-refractivity contribution in [2.45, 2.75) is 6.54 Å². The molecule has 0 aliphatic heterocycles. The van der Waals surface area contributed by atoms with E-state index in [4.69, 9.17) is 17.3 Å². The normalized spacial score (nSPS) is 10.3. The summed E-state index contributed by atoms with van der Waals surface area (Å²) in [6.07, 6.45) is 0. The fraction of sp³-hybridized carbons (Fsp3) is 0.0714. The summed E-state index contributed by atoms with van der Waals surface area (Å²) in [6, 6.07) is 9.33. The van der Waals surface area contributed by atoms with E-state index >= 15 is 0 Å². The van der Waals surface area contributed by atoms with Crippen LogP contribution in [-0.4, -0.2) is 5.91 Å². The highest BCUT2D eigenvalue weighted by Gasteiger charge is 2.07. The van der Waals surface area contributed by atoms with Gasteiger partial charge in [0.1, 0.15) is 5.82 Å². The highest BCUT2D eigenvalue weighted by atomic mass is 79.9. The average molecular weight is 358 g/mol. The van der Waals surface area contributed by atoms with E-state index in [1.54, 1.807) is 18.2 Å². The number of hydrogen-bond donors (Lipinski definition) is 2. The molecule has 104 valence electrons. The zero-order valence-electron chi connectivity index (χ0n) is 10.3. The van der Waals surface area contributed by atoms with E-state index in [1.807, 2.05) is 0 Å². The number of primary amides is 1. The summed E-state index contributed by atoms with van der Waals surface area (Å²) in [7, 11) is 0. The lowest BCUT2D eigenvalue weighted by Crippen LogP contribution is -2.12. The summed E-state index contributed by atoms with van der Waals surface area (Å²) in [6.45, 7) is 0.237. The highest BCUT2D eigenvalue weighted by Crippen LogP contribution is 2.26. The van der Waals surface area contributed by atoms with Crippen LogP contribution >= 0.6 is 27.5 Å². The molecule has 0 aromatic heterocycles. The lowest BCUT2D eigenvalue weighted by Gasteiger charge is -2.09. The van der Waals surface area contributed by atoms with Crippen molar-refractivity contribution in [2.24, 2.45) is 5.73 Å². The second-order valence-electron chi connectivity index (χ2n) is 4.15. The van der Waals surface area contributed by atoms with Crippen LogP contribution in [-0.2, 0) is 6.54 Å². The Hall–Kier alpha value is -1.59. The smallest absolute Gasteiger partial charge is 0.248 e. The lowest BCUT2D eigenvalue weighted by molar-refractivity contribution is 0.1000. The van der Waals surface area contributed by atoms with Crippen LogP contribution in [0.15, 0.2) is 40.9 Å². The molecule has 1 amide bonds. The van der Waals surface area contributed by atoms with Crippen molar-refractivity contribution in [2.75, 3.05) is 5.32 Å². The maximum Gasteiger partial charge on any atom is 0.248 e. The summed E-state index contributed by atoms with van der Waals surface area (Å²) in [5.41, 5.74) is 6.60. The molecular weight excluding hydrogens is 347 g/mol. The van der Waals surface area contributed by atoms with Gasteiger partial charge in [-0.2, -0.15) is 0 Å². The molecule has 0 bridgehead atoms. The molecule has 3 nitrogen and oxygen atoms in total. The molecule has 2 aromatic rings. The van der Waals surface area contributed by atoms with Gasteiger partial charge in [-0.1, -0.05) is 11.6 Å². The Bertz CT molecular complexity index is 664. The third kappa shape index (κ3) is 3.49. The predicted octanol–water partition coefficient (Wildman–Crippen LogP) is 3.95. The molecule has 3 N–H and O–H groups in total. The number of rotatable bonds is 4. The Morgan fingerprint density at radius 3 is 2.70 bits per heavy atom. The molecule has 0 atom stereocenters. The zero-order valence-corrected chi connectivity index (χ0v) is 12.6. The first-order valence-electron chi connectivity index (χ1n) is 5.74. The van der Waals surface area contributed by atoms with Gasteiger partial charge >= 0.3 is 0 Å². The fourth-order valence-corrected chi connectivity index (χ4v) is 2.16. The second kappa shape index (κ2) is 6.24. The minimum absolute atomic E-state index is 0.237. The topological polar surface area (TPSA) is 55.1 Å². The Kier molecular flexibility index (Phi) is 4.62. The van der Waals surface area contributed by atoms with E-state index in [2.05, 4.69) is 21.2 Å². The zero-order chi connectivity index (χ0) is 14.7. The van der Waals surface area contributed by atoms with Crippen LogP contribution in [0.2, 0.25) is 5.02 Å². The molecular formula is C14H11BrClFN2O. The summed E-state index contributed by atoms with van der Waals surface area (Å²) in [4.78, 5) is 11.1. The van der Waals surface area contributed by atoms with Gasteiger partial charge in [0.25, 0.3) is 0 Å². The van der Waals surface area contributed by atoms with Crippen molar-refractivity contribution in [3.63, 3.8) is 0 Å². The maximum absolute atomic E-state index is 13.7. The summed E-state index contributed by atoms with van der Waals surface area (Å²) in [5, 5.41) is 3.65. The Labute approximate surface area is 129 Å². The first-order chi connectivity index (χ1) is 9.47. The van der Waals surface area contributed by atoms with Crippen molar-refractivity contribution in [3.8, 4) is 0 Å². The van der Waals surface area contributed by atoms with Crippen LogP contribution in [0, 0.1) is 5.82 Å². The van der Waals surface area contributed by atoms with Gasteiger partial charge in [0, 0.05) is 27.8 Å². The van der Waals surface area contributed by atoms with Crippen LogP contribution < -0.4 is 11.1 Å². The third-order valence-corrected chi connectivity index (χ3v) is 3.95. The number of anilines is 1. The molecule has 2 rings (SSSR count). The van der Waals surface area contributed by atoms with Crippen LogP contribution in [0.4, 0.5) is 10.1 Å². The largest absolute Gasteiger partial charge is 0.381 e. The molecule has 2 aromatic carbocycles. The standard InChI is InChI=1S/C14H11BrClFN2O/c15-11-6-10(2-3-12(11)16)19-7-9-5-8(14(18)20)1-4-13(9)17/h1-6,19H,7H2,(H2,18,20). The van der Waals surface area contributed by atoms with Crippen LogP contribution in [0.25, 0.3) is 0 Å².